The molecule has 2 unspecified atom stereocenters. The van der Waals surface area contributed by atoms with Crippen LogP contribution in [-0.2, 0) is 19.8 Å². The predicted molar refractivity (Wildman–Crippen MR) is 75.2 cm³/mol. The van der Waals surface area contributed by atoms with E-state index in [1.54, 1.807) is 32.7 Å². The Morgan fingerprint density at radius 1 is 1.37 bits per heavy atom. The van der Waals surface area contributed by atoms with Crippen molar-refractivity contribution in [1.82, 2.24) is 4.98 Å². The van der Waals surface area contributed by atoms with Gasteiger partial charge in [-0.25, -0.2) is 4.98 Å². The molecule has 2 rings (SSSR count). The molecule has 19 heavy (non-hydrogen) atoms. The number of hydrogen-bond acceptors (Lipinski definition) is 5. The maximum Gasteiger partial charge on any atom is 0.201 e. The number of rotatable bonds is 5. The van der Waals surface area contributed by atoms with Gasteiger partial charge in [0.25, 0.3) is 0 Å². The van der Waals surface area contributed by atoms with E-state index >= 15 is 0 Å². The quantitative estimate of drug-likeness (QED) is 0.777. The smallest absolute Gasteiger partial charge is 0.201 e. The first-order chi connectivity index (χ1) is 9.15. The Bertz CT molecular complexity index is 405. The molecule has 1 aliphatic carbocycles. The minimum atomic E-state index is -0.389. The Hall–Kier alpha value is -0.490. The molecular formula is C14H23NO3S. The van der Waals surface area contributed by atoms with Gasteiger partial charge in [-0.05, 0) is 25.2 Å². The molecule has 5 heteroatoms. The number of methoxy groups -OCH3 is 3. The van der Waals surface area contributed by atoms with E-state index < -0.39 is 0 Å². The lowest BCUT2D eigenvalue weighted by Crippen LogP contribution is -2.34. The molecule has 2 atom stereocenters. The summed E-state index contributed by atoms with van der Waals surface area (Å²) in [6.45, 7) is 2.29. The van der Waals surface area contributed by atoms with Gasteiger partial charge in [0, 0.05) is 26.7 Å². The molecule has 1 heterocycles. The van der Waals surface area contributed by atoms with Gasteiger partial charge in [0.05, 0.1) is 0 Å². The molecule has 0 amide bonds. The highest BCUT2D eigenvalue weighted by molar-refractivity contribution is 7.09. The summed E-state index contributed by atoms with van der Waals surface area (Å²) in [5.74, 6) is 0.682. The first-order valence-electron chi connectivity index (χ1n) is 6.72. The zero-order chi connectivity index (χ0) is 13.9. The van der Waals surface area contributed by atoms with Crippen LogP contribution < -0.4 is 0 Å². The molecule has 1 aromatic rings. The molecule has 0 saturated heterocycles. The van der Waals surface area contributed by atoms with Crippen LogP contribution >= 0.6 is 11.3 Å². The highest BCUT2D eigenvalue weighted by Gasteiger charge is 2.39. The second-order valence-corrected chi connectivity index (χ2v) is 6.14. The highest BCUT2D eigenvalue weighted by atomic mass is 32.1. The average Bonchev–Trinajstić information content (AvgIpc) is 2.90. The standard InChI is InChI=1S/C14H23NO3S/c1-10-6-5-7-14(8-10,18-4)13-15-11(9-19-13)12(16-2)17-3/h9-10,12H,5-8H2,1-4H3. The summed E-state index contributed by atoms with van der Waals surface area (Å²) in [7, 11) is 5.05. The van der Waals surface area contributed by atoms with Crippen LogP contribution in [0.5, 0.6) is 0 Å². The van der Waals surface area contributed by atoms with E-state index in [0.29, 0.717) is 5.92 Å². The van der Waals surface area contributed by atoms with Crippen LogP contribution in [0.3, 0.4) is 0 Å². The van der Waals surface area contributed by atoms with Crippen LogP contribution in [0.1, 0.15) is 49.6 Å². The van der Waals surface area contributed by atoms with Gasteiger partial charge in [0.15, 0.2) is 0 Å². The highest BCUT2D eigenvalue weighted by Crippen LogP contribution is 2.44. The lowest BCUT2D eigenvalue weighted by Gasteiger charge is -2.37. The van der Waals surface area contributed by atoms with E-state index in [0.717, 1.165) is 23.5 Å². The summed E-state index contributed by atoms with van der Waals surface area (Å²) in [6.07, 6.45) is 4.18. The van der Waals surface area contributed by atoms with Crippen LogP contribution in [-0.4, -0.2) is 26.3 Å². The largest absolute Gasteiger partial charge is 0.371 e. The number of thiazole rings is 1. The average molecular weight is 285 g/mol. The summed E-state index contributed by atoms with van der Waals surface area (Å²) in [5.41, 5.74) is 0.617. The van der Waals surface area contributed by atoms with Gasteiger partial charge in [-0.1, -0.05) is 13.3 Å². The van der Waals surface area contributed by atoms with Crippen LogP contribution in [0.4, 0.5) is 0 Å². The molecule has 0 aliphatic heterocycles. The number of hydrogen-bond donors (Lipinski definition) is 0. The molecule has 108 valence electrons. The fourth-order valence-corrected chi connectivity index (χ4v) is 3.95. The topological polar surface area (TPSA) is 40.6 Å². The molecule has 0 N–H and O–H groups in total. The normalized spacial score (nSPS) is 27.9. The minimum Gasteiger partial charge on any atom is -0.371 e. The van der Waals surface area contributed by atoms with Crippen LogP contribution in [0.2, 0.25) is 0 Å². The first kappa shape index (κ1) is 14.9. The van der Waals surface area contributed by atoms with E-state index in [-0.39, 0.29) is 11.9 Å². The molecule has 0 radical (unpaired) electrons. The Morgan fingerprint density at radius 2 is 2.11 bits per heavy atom. The molecule has 1 aliphatic rings. The van der Waals surface area contributed by atoms with Gasteiger partial charge >= 0.3 is 0 Å². The Labute approximate surface area is 119 Å². The summed E-state index contributed by atoms with van der Waals surface area (Å²) < 4.78 is 16.4. The van der Waals surface area contributed by atoms with Crippen molar-refractivity contribution >= 4 is 11.3 Å². The summed E-state index contributed by atoms with van der Waals surface area (Å²) in [5, 5.41) is 3.06. The van der Waals surface area contributed by atoms with Crippen molar-refractivity contribution in [3.63, 3.8) is 0 Å². The fourth-order valence-electron chi connectivity index (χ4n) is 2.91. The minimum absolute atomic E-state index is 0.216. The van der Waals surface area contributed by atoms with Crippen molar-refractivity contribution in [2.75, 3.05) is 21.3 Å². The number of aromatic nitrogens is 1. The van der Waals surface area contributed by atoms with E-state index in [4.69, 9.17) is 19.2 Å². The predicted octanol–water partition coefficient (Wildman–Crippen LogP) is 3.49. The van der Waals surface area contributed by atoms with Gasteiger partial charge in [-0.3, -0.25) is 0 Å². The van der Waals surface area contributed by atoms with Gasteiger partial charge in [-0.15, -0.1) is 11.3 Å². The molecule has 1 aromatic heterocycles. The van der Waals surface area contributed by atoms with E-state index in [1.165, 1.54) is 12.8 Å². The van der Waals surface area contributed by atoms with Crippen molar-refractivity contribution in [1.29, 1.82) is 0 Å². The third kappa shape index (κ3) is 2.99. The van der Waals surface area contributed by atoms with E-state index in [9.17, 15) is 0 Å². The Kier molecular flexibility index (Phi) is 4.95. The molecule has 0 spiro atoms. The van der Waals surface area contributed by atoms with Gasteiger partial charge in [0.2, 0.25) is 6.29 Å². The number of ether oxygens (including phenoxy) is 3. The maximum atomic E-state index is 5.86. The molecule has 1 saturated carbocycles. The van der Waals surface area contributed by atoms with Crippen LogP contribution in [0.25, 0.3) is 0 Å². The second kappa shape index (κ2) is 6.31. The molecule has 0 bridgehead atoms. The Morgan fingerprint density at radius 3 is 2.68 bits per heavy atom. The number of nitrogens with zero attached hydrogens (tertiary/aromatic N) is 1. The van der Waals surface area contributed by atoms with Crippen molar-refractivity contribution < 1.29 is 14.2 Å². The lowest BCUT2D eigenvalue weighted by molar-refractivity contribution is -0.109. The van der Waals surface area contributed by atoms with Gasteiger partial charge in [0.1, 0.15) is 16.3 Å². The van der Waals surface area contributed by atoms with Crippen molar-refractivity contribution in [2.45, 2.75) is 44.5 Å². The van der Waals surface area contributed by atoms with Crippen molar-refractivity contribution in [3.8, 4) is 0 Å². The zero-order valence-corrected chi connectivity index (χ0v) is 13.0. The van der Waals surface area contributed by atoms with Crippen LogP contribution in [0, 0.1) is 5.92 Å². The third-order valence-corrected chi connectivity index (χ3v) is 4.97. The molecule has 4 nitrogen and oxygen atoms in total. The van der Waals surface area contributed by atoms with Crippen LogP contribution in [0.15, 0.2) is 5.38 Å². The molecule has 0 aromatic carbocycles. The van der Waals surface area contributed by atoms with Gasteiger partial charge < -0.3 is 14.2 Å². The SMILES string of the molecule is COC(OC)c1csc(C2(OC)CCCC(C)C2)n1. The second-order valence-electron chi connectivity index (χ2n) is 5.28. The first-order valence-corrected chi connectivity index (χ1v) is 7.60. The summed E-state index contributed by atoms with van der Waals surface area (Å²) >= 11 is 1.64. The summed E-state index contributed by atoms with van der Waals surface area (Å²) in [4.78, 5) is 4.70. The van der Waals surface area contributed by atoms with Crippen molar-refractivity contribution in [3.05, 3.63) is 16.1 Å². The van der Waals surface area contributed by atoms with Gasteiger partial charge in [-0.2, -0.15) is 0 Å². The Balaban J connectivity index is 2.24. The van der Waals surface area contributed by atoms with E-state index in [1.807, 2.05) is 5.38 Å². The molecule has 1 fully saturated rings. The monoisotopic (exact) mass is 285 g/mol. The summed E-state index contributed by atoms with van der Waals surface area (Å²) in [6, 6.07) is 0. The zero-order valence-electron chi connectivity index (χ0n) is 12.1. The maximum absolute atomic E-state index is 5.86. The van der Waals surface area contributed by atoms with E-state index in [2.05, 4.69) is 6.92 Å². The third-order valence-electron chi connectivity index (χ3n) is 3.93. The lowest BCUT2D eigenvalue weighted by atomic mass is 9.79. The van der Waals surface area contributed by atoms with Crippen molar-refractivity contribution in [2.24, 2.45) is 5.92 Å². The molecular weight excluding hydrogens is 262 g/mol. The fraction of sp³-hybridized carbons (Fsp3) is 0.786.